The molecule has 1 aromatic heterocycles. The molecule has 0 aliphatic carbocycles. The van der Waals surface area contributed by atoms with Crippen LogP contribution in [0.25, 0.3) is 11.0 Å². The number of nitrogens with one attached hydrogen (secondary N) is 1. The molecule has 0 spiro atoms. The van der Waals surface area contributed by atoms with E-state index in [2.05, 4.69) is 10.3 Å². The van der Waals surface area contributed by atoms with E-state index in [4.69, 9.17) is 4.74 Å². The lowest BCUT2D eigenvalue weighted by Crippen LogP contribution is -2.40. The normalized spacial score (nSPS) is 15.1. The van der Waals surface area contributed by atoms with Gasteiger partial charge in [0.05, 0.1) is 35.3 Å². The minimum atomic E-state index is -3.69. The molecule has 1 aliphatic rings. The summed E-state index contributed by atoms with van der Waals surface area (Å²) in [6, 6.07) is 11.7. The van der Waals surface area contributed by atoms with Crippen molar-refractivity contribution in [2.45, 2.75) is 18.4 Å². The summed E-state index contributed by atoms with van der Waals surface area (Å²) in [6.45, 7) is 2.83. The number of fused-ring (bicyclic) bond motifs is 1. The molecular formula is C21H22N4O5S. The quantitative estimate of drug-likeness (QED) is 0.639. The summed E-state index contributed by atoms with van der Waals surface area (Å²) >= 11 is 0. The van der Waals surface area contributed by atoms with Gasteiger partial charge in [0.25, 0.3) is 5.56 Å². The highest BCUT2D eigenvalue weighted by Crippen LogP contribution is 2.24. The molecule has 2 heterocycles. The molecule has 0 saturated carbocycles. The fourth-order valence-corrected chi connectivity index (χ4v) is 4.88. The third-order valence-corrected chi connectivity index (χ3v) is 7.04. The zero-order valence-corrected chi connectivity index (χ0v) is 17.8. The Bertz CT molecular complexity index is 1300. The van der Waals surface area contributed by atoms with Gasteiger partial charge in [-0.25, -0.2) is 13.4 Å². The molecule has 0 unspecified atom stereocenters. The minimum Gasteiger partial charge on any atom is -0.379 e. The van der Waals surface area contributed by atoms with Gasteiger partial charge in [-0.15, -0.1) is 0 Å². The van der Waals surface area contributed by atoms with E-state index in [0.29, 0.717) is 35.5 Å². The van der Waals surface area contributed by atoms with Crippen LogP contribution in [-0.2, 0) is 26.1 Å². The molecule has 1 aliphatic heterocycles. The SMILES string of the molecule is Cc1ccc(S(=O)(=O)N2CCOCC2)cc1NC(=O)Cn1c(=O)cnc2ccccc21. The maximum Gasteiger partial charge on any atom is 0.269 e. The fraction of sp³-hybridized carbons (Fsp3) is 0.286. The van der Waals surface area contributed by atoms with Gasteiger partial charge in [0.1, 0.15) is 6.54 Å². The smallest absolute Gasteiger partial charge is 0.269 e. The van der Waals surface area contributed by atoms with E-state index in [0.717, 1.165) is 0 Å². The standard InChI is InChI=1S/C21H22N4O5S/c1-15-6-7-16(31(28,29)24-8-10-30-11-9-24)12-18(15)23-20(26)14-25-19-5-3-2-4-17(19)22-13-21(25)27/h2-7,12-13H,8-11,14H2,1H3,(H,23,26). The van der Waals surface area contributed by atoms with Crippen LogP contribution in [0.15, 0.2) is 58.4 Å². The topological polar surface area (TPSA) is 111 Å². The molecule has 1 fully saturated rings. The Balaban J connectivity index is 1.59. The lowest BCUT2D eigenvalue weighted by molar-refractivity contribution is -0.116. The maximum absolute atomic E-state index is 12.9. The van der Waals surface area contributed by atoms with Gasteiger partial charge < -0.3 is 10.1 Å². The molecule has 4 rings (SSSR count). The van der Waals surface area contributed by atoms with Crippen LogP contribution >= 0.6 is 0 Å². The van der Waals surface area contributed by atoms with Gasteiger partial charge >= 0.3 is 0 Å². The van der Waals surface area contributed by atoms with Crippen LogP contribution in [-0.4, -0.2) is 54.5 Å². The molecule has 162 valence electrons. The second-order valence-electron chi connectivity index (χ2n) is 7.21. The van der Waals surface area contributed by atoms with Crippen LogP contribution in [0.5, 0.6) is 0 Å². The van der Waals surface area contributed by atoms with Gasteiger partial charge in [0.15, 0.2) is 0 Å². The number of amides is 1. The van der Waals surface area contributed by atoms with Crippen molar-refractivity contribution in [2.75, 3.05) is 31.6 Å². The van der Waals surface area contributed by atoms with E-state index in [1.807, 2.05) is 0 Å². The first-order chi connectivity index (χ1) is 14.9. The molecule has 2 aromatic carbocycles. The van der Waals surface area contributed by atoms with Crippen LogP contribution < -0.4 is 10.9 Å². The van der Waals surface area contributed by atoms with E-state index < -0.39 is 21.5 Å². The number of para-hydroxylation sites is 2. The van der Waals surface area contributed by atoms with Crippen molar-refractivity contribution in [3.63, 3.8) is 0 Å². The number of morpholine rings is 1. The van der Waals surface area contributed by atoms with Gasteiger partial charge in [-0.2, -0.15) is 4.31 Å². The predicted molar refractivity (Wildman–Crippen MR) is 115 cm³/mol. The molecule has 10 heteroatoms. The molecule has 1 saturated heterocycles. The van der Waals surface area contributed by atoms with Crippen molar-refractivity contribution in [1.29, 1.82) is 0 Å². The second-order valence-corrected chi connectivity index (χ2v) is 9.15. The van der Waals surface area contributed by atoms with Crippen LogP contribution in [0.1, 0.15) is 5.56 Å². The summed E-state index contributed by atoms with van der Waals surface area (Å²) in [5, 5.41) is 2.74. The van der Waals surface area contributed by atoms with Gasteiger partial charge in [-0.3, -0.25) is 14.2 Å². The number of sulfonamides is 1. The molecule has 0 bridgehead atoms. The summed E-state index contributed by atoms with van der Waals surface area (Å²) in [6.07, 6.45) is 1.18. The lowest BCUT2D eigenvalue weighted by atomic mass is 10.2. The fourth-order valence-electron chi connectivity index (χ4n) is 3.44. The third kappa shape index (κ3) is 4.36. The minimum absolute atomic E-state index is 0.0989. The highest BCUT2D eigenvalue weighted by Gasteiger charge is 2.27. The maximum atomic E-state index is 12.9. The van der Waals surface area contributed by atoms with Crippen molar-refractivity contribution < 1.29 is 17.9 Å². The average molecular weight is 442 g/mol. The Kier molecular flexibility index (Phi) is 5.86. The number of hydrogen-bond donors (Lipinski definition) is 1. The number of rotatable bonds is 5. The molecule has 1 amide bonds. The van der Waals surface area contributed by atoms with Crippen LogP contribution in [0.2, 0.25) is 0 Å². The molecule has 31 heavy (non-hydrogen) atoms. The summed E-state index contributed by atoms with van der Waals surface area (Å²) in [7, 11) is -3.69. The van der Waals surface area contributed by atoms with Crippen molar-refractivity contribution in [2.24, 2.45) is 0 Å². The molecule has 3 aromatic rings. The van der Waals surface area contributed by atoms with Crippen LogP contribution in [0, 0.1) is 6.92 Å². The number of carbonyl (C=O) groups is 1. The number of benzene rings is 2. The monoisotopic (exact) mass is 442 g/mol. The zero-order valence-electron chi connectivity index (χ0n) is 16.9. The molecule has 0 atom stereocenters. The molecule has 0 radical (unpaired) electrons. The molecule has 9 nitrogen and oxygen atoms in total. The number of nitrogens with zero attached hydrogens (tertiary/aromatic N) is 3. The van der Waals surface area contributed by atoms with Crippen molar-refractivity contribution in [3.8, 4) is 0 Å². The number of hydrogen-bond acceptors (Lipinski definition) is 6. The largest absolute Gasteiger partial charge is 0.379 e. The van der Waals surface area contributed by atoms with E-state index in [1.165, 1.54) is 27.2 Å². The molecular weight excluding hydrogens is 420 g/mol. The highest BCUT2D eigenvalue weighted by atomic mass is 32.2. The predicted octanol–water partition coefficient (Wildman–Crippen LogP) is 1.36. The van der Waals surface area contributed by atoms with E-state index in [1.54, 1.807) is 37.3 Å². The summed E-state index contributed by atoms with van der Waals surface area (Å²) in [5.41, 5.74) is 1.84. The lowest BCUT2D eigenvalue weighted by Gasteiger charge is -2.26. The Hall–Kier alpha value is -3.08. The van der Waals surface area contributed by atoms with Gasteiger partial charge in [0.2, 0.25) is 15.9 Å². The van der Waals surface area contributed by atoms with Crippen molar-refractivity contribution in [1.82, 2.24) is 13.9 Å². The second kappa shape index (κ2) is 8.58. The summed E-state index contributed by atoms with van der Waals surface area (Å²) < 4.78 is 33.8. The van der Waals surface area contributed by atoms with E-state index >= 15 is 0 Å². The Morgan fingerprint density at radius 3 is 2.68 bits per heavy atom. The summed E-state index contributed by atoms with van der Waals surface area (Å²) in [5.74, 6) is -0.442. The first-order valence-electron chi connectivity index (χ1n) is 9.79. The van der Waals surface area contributed by atoms with Gasteiger partial charge in [0, 0.05) is 18.8 Å². The average Bonchev–Trinajstić information content (AvgIpc) is 2.78. The van der Waals surface area contributed by atoms with E-state index in [9.17, 15) is 18.0 Å². The highest BCUT2D eigenvalue weighted by molar-refractivity contribution is 7.89. The Labute approximate surface area is 179 Å². The van der Waals surface area contributed by atoms with E-state index in [-0.39, 0.29) is 24.5 Å². The Morgan fingerprint density at radius 1 is 1.16 bits per heavy atom. The van der Waals surface area contributed by atoms with Crippen LogP contribution in [0.4, 0.5) is 5.69 Å². The van der Waals surface area contributed by atoms with Crippen molar-refractivity contribution >= 4 is 32.7 Å². The van der Waals surface area contributed by atoms with Crippen LogP contribution in [0.3, 0.4) is 0 Å². The first kappa shape index (κ1) is 21.2. The van der Waals surface area contributed by atoms with Crippen molar-refractivity contribution in [3.05, 3.63) is 64.6 Å². The zero-order chi connectivity index (χ0) is 22.0. The number of carbonyl (C=O) groups excluding carboxylic acids is 1. The summed E-state index contributed by atoms with van der Waals surface area (Å²) in [4.78, 5) is 29.2. The number of ether oxygens (including phenoxy) is 1. The molecule has 1 N–H and O–H groups in total. The number of aryl methyl sites for hydroxylation is 1. The van der Waals surface area contributed by atoms with Gasteiger partial charge in [-0.1, -0.05) is 18.2 Å². The Morgan fingerprint density at radius 2 is 1.90 bits per heavy atom. The number of anilines is 1. The first-order valence-corrected chi connectivity index (χ1v) is 11.2. The third-order valence-electron chi connectivity index (χ3n) is 5.15. The van der Waals surface area contributed by atoms with Gasteiger partial charge in [-0.05, 0) is 36.8 Å². The number of aromatic nitrogens is 2.